The second kappa shape index (κ2) is 12.0. The molecule has 6 nitrogen and oxygen atoms in total. The van der Waals surface area contributed by atoms with Crippen LogP contribution in [0.2, 0.25) is 0 Å². The van der Waals surface area contributed by atoms with Gasteiger partial charge in [-0.05, 0) is 121 Å². The lowest BCUT2D eigenvalue weighted by atomic mass is 10.0. The summed E-state index contributed by atoms with van der Waals surface area (Å²) in [6.45, 7) is 0. The van der Waals surface area contributed by atoms with E-state index >= 15 is 0 Å². The molecule has 0 atom stereocenters. The number of aryl methyl sites for hydroxylation is 2. The van der Waals surface area contributed by atoms with E-state index in [0.717, 1.165) is 90.8 Å². The molecule has 6 heteroatoms. The lowest BCUT2D eigenvalue weighted by molar-refractivity contribution is 0.415. The number of aromatic nitrogens is 2. The molecule has 0 N–H and O–H groups in total. The van der Waals surface area contributed by atoms with Gasteiger partial charge in [-0.3, -0.25) is 0 Å². The second-order valence-electron chi connectivity index (χ2n) is 12.0. The average molecular weight is 633 g/mol. The minimum absolute atomic E-state index is 0.837. The topological polar surface area (TPSA) is 46.8 Å². The fraction of sp³-hybridized carbons (Fsp3) is 0.143. The van der Waals surface area contributed by atoms with Crippen LogP contribution in [-0.2, 0) is 12.8 Å². The van der Waals surface area contributed by atoms with Crippen molar-refractivity contribution in [2.24, 2.45) is 0 Å². The van der Waals surface area contributed by atoms with Gasteiger partial charge < -0.3 is 28.1 Å². The molecular formula is C42H36N2O4. The Labute approximate surface area is 279 Å². The van der Waals surface area contributed by atoms with Crippen LogP contribution in [0.5, 0.6) is 23.0 Å². The molecule has 0 saturated heterocycles. The summed E-state index contributed by atoms with van der Waals surface area (Å²) in [5, 5.41) is 4.54. The molecular weight excluding hydrogens is 596 g/mol. The molecule has 8 rings (SSSR count). The van der Waals surface area contributed by atoms with E-state index < -0.39 is 0 Å². The van der Waals surface area contributed by atoms with Crippen molar-refractivity contribution >= 4 is 43.6 Å². The maximum atomic E-state index is 5.55. The average Bonchev–Trinajstić information content (AvgIpc) is 3.65. The Bertz CT molecular complexity index is 2140. The predicted molar refractivity (Wildman–Crippen MR) is 195 cm³/mol. The summed E-state index contributed by atoms with van der Waals surface area (Å²) >= 11 is 0. The number of methoxy groups -OCH3 is 4. The number of fused-ring (bicyclic) bond motifs is 6. The van der Waals surface area contributed by atoms with Gasteiger partial charge in [0.05, 0.1) is 50.5 Å². The molecule has 0 fully saturated rings. The third kappa shape index (κ3) is 4.97. The molecule has 6 aromatic carbocycles. The summed E-state index contributed by atoms with van der Waals surface area (Å²) in [5.74, 6) is 3.35. The molecule has 238 valence electrons. The lowest BCUT2D eigenvalue weighted by Crippen LogP contribution is -1.97. The van der Waals surface area contributed by atoms with Gasteiger partial charge in [-0.1, -0.05) is 24.3 Å². The van der Waals surface area contributed by atoms with Crippen LogP contribution < -0.4 is 18.9 Å². The zero-order valence-electron chi connectivity index (χ0n) is 27.5. The zero-order chi connectivity index (χ0) is 32.8. The van der Waals surface area contributed by atoms with Crippen LogP contribution in [-0.4, -0.2) is 37.6 Å². The fourth-order valence-electron chi connectivity index (χ4n) is 6.94. The molecule has 0 aliphatic heterocycles. The van der Waals surface area contributed by atoms with Gasteiger partial charge >= 0.3 is 0 Å². The Morgan fingerprint density at radius 3 is 0.875 bits per heavy atom. The summed E-state index contributed by atoms with van der Waals surface area (Å²) in [4.78, 5) is 0. The maximum absolute atomic E-state index is 5.55. The smallest absolute Gasteiger partial charge is 0.119 e. The first-order valence-corrected chi connectivity index (χ1v) is 16.1. The Morgan fingerprint density at radius 1 is 0.354 bits per heavy atom. The van der Waals surface area contributed by atoms with Crippen molar-refractivity contribution in [1.29, 1.82) is 0 Å². The minimum atomic E-state index is 0.837. The first-order valence-electron chi connectivity index (χ1n) is 16.1. The van der Waals surface area contributed by atoms with Gasteiger partial charge in [-0.2, -0.15) is 0 Å². The highest BCUT2D eigenvalue weighted by atomic mass is 16.5. The first-order chi connectivity index (χ1) is 23.6. The van der Waals surface area contributed by atoms with E-state index in [1.807, 2.05) is 24.3 Å². The van der Waals surface area contributed by atoms with Gasteiger partial charge in [0.1, 0.15) is 23.0 Å². The summed E-state index contributed by atoms with van der Waals surface area (Å²) in [5.41, 5.74) is 9.39. The standard InChI is InChI=1S/C42H36N2O4/c1-45-31-15-19-39-35(23-31)36-24-32(46-2)16-20-40(36)43(39)29-11-7-27(8-12-29)5-6-28-9-13-30(14-10-28)44-41-21-17-33(47-3)25-37(41)38-26-34(48-4)18-22-42(38)44/h7-26H,5-6H2,1-4H3. The molecule has 0 bridgehead atoms. The van der Waals surface area contributed by atoms with Crippen molar-refractivity contribution in [2.45, 2.75) is 12.8 Å². The van der Waals surface area contributed by atoms with Crippen molar-refractivity contribution in [3.8, 4) is 34.4 Å². The van der Waals surface area contributed by atoms with Crippen molar-refractivity contribution in [3.63, 3.8) is 0 Å². The Hall–Kier alpha value is -5.88. The molecule has 2 heterocycles. The van der Waals surface area contributed by atoms with Gasteiger partial charge in [-0.15, -0.1) is 0 Å². The molecule has 0 aliphatic rings. The number of benzene rings is 6. The van der Waals surface area contributed by atoms with E-state index in [0.29, 0.717) is 0 Å². The predicted octanol–water partition coefficient (Wildman–Crippen LogP) is 9.70. The van der Waals surface area contributed by atoms with E-state index in [1.54, 1.807) is 28.4 Å². The van der Waals surface area contributed by atoms with E-state index in [2.05, 4.69) is 106 Å². The first kappa shape index (κ1) is 29.5. The third-order valence-electron chi connectivity index (χ3n) is 9.45. The van der Waals surface area contributed by atoms with Gasteiger partial charge in [-0.25, -0.2) is 0 Å². The molecule has 2 aromatic heterocycles. The second-order valence-corrected chi connectivity index (χ2v) is 12.0. The number of rotatable bonds is 9. The highest BCUT2D eigenvalue weighted by Crippen LogP contribution is 2.38. The molecule has 0 saturated carbocycles. The van der Waals surface area contributed by atoms with Crippen molar-refractivity contribution in [3.05, 3.63) is 132 Å². The van der Waals surface area contributed by atoms with Crippen molar-refractivity contribution in [1.82, 2.24) is 9.13 Å². The van der Waals surface area contributed by atoms with Crippen LogP contribution in [0, 0.1) is 0 Å². The van der Waals surface area contributed by atoms with Crippen molar-refractivity contribution in [2.75, 3.05) is 28.4 Å². The summed E-state index contributed by atoms with van der Waals surface area (Å²) in [6, 6.07) is 42.9. The SMILES string of the molecule is COc1ccc2c(c1)c1cc(OC)ccc1n2-c1ccc(CCc2ccc(-n3c4ccc(OC)cc4c4cc(OC)ccc43)cc2)cc1. The van der Waals surface area contributed by atoms with Crippen LogP contribution in [0.25, 0.3) is 55.0 Å². The van der Waals surface area contributed by atoms with Crippen molar-refractivity contribution < 1.29 is 18.9 Å². The molecule has 48 heavy (non-hydrogen) atoms. The van der Waals surface area contributed by atoms with Crippen LogP contribution in [0.15, 0.2) is 121 Å². The highest BCUT2D eigenvalue weighted by molar-refractivity contribution is 6.11. The number of hydrogen-bond donors (Lipinski definition) is 0. The van der Waals surface area contributed by atoms with E-state index in [-0.39, 0.29) is 0 Å². The normalized spacial score (nSPS) is 11.5. The van der Waals surface area contributed by atoms with Crippen LogP contribution in [0.4, 0.5) is 0 Å². The Balaban J connectivity index is 1.06. The molecule has 0 radical (unpaired) electrons. The van der Waals surface area contributed by atoms with E-state index in [1.165, 1.54) is 11.1 Å². The number of hydrogen-bond acceptors (Lipinski definition) is 4. The van der Waals surface area contributed by atoms with E-state index in [9.17, 15) is 0 Å². The molecule has 0 aliphatic carbocycles. The van der Waals surface area contributed by atoms with Crippen LogP contribution >= 0.6 is 0 Å². The third-order valence-corrected chi connectivity index (χ3v) is 9.45. The lowest BCUT2D eigenvalue weighted by Gasteiger charge is -2.11. The summed E-state index contributed by atoms with van der Waals surface area (Å²) < 4.78 is 26.8. The summed E-state index contributed by atoms with van der Waals surface area (Å²) in [6.07, 6.45) is 1.91. The van der Waals surface area contributed by atoms with Gasteiger partial charge in [0.2, 0.25) is 0 Å². The molecule has 0 amide bonds. The largest absolute Gasteiger partial charge is 0.497 e. The van der Waals surface area contributed by atoms with Gasteiger partial charge in [0.25, 0.3) is 0 Å². The number of nitrogens with zero attached hydrogens (tertiary/aromatic N) is 2. The van der Waals surface area contributed by atoms with Gasteiger partial charge in [0.15, 0.2) is 0 Å². The molecule has 0 spiro atoms. The van der Waals surface area contributed by atoms with E-state index in [4.69, 9.17) is 18.9 Å². The zero-order valence-corrected chi connectivity index (χ0v) is 27.5. The van der Waals surface area contributed by atoms with Crippen LogP contribution in [0.3, 0.4) is 0 Å². The summed E-state index contributed by atoms with van der Waals surface area (Å²) in [7, 11) is 6.82. The highest BCUT2D eigenvalue weighted by Gasteiger charge is 2.16. The monoisotopic (exact) mass is 632 g/mol. The molecule has 8 aromatic rings. The maximum Gasteiger partial charge on any atom is 0.119 e. The fourth-order valence-corrected chi connectivity index (χ4v) is 6.94. The number of ether oxygens (including phenoxy) is 4. The Kier molecular flexibility index (Phi) is 7.41. The van der Waals surface area contributed by atoms with Crippen LogP contribution in [0.1, 0.15) is 11.1 Å². The quantitative estimate of drug-likeness (QED) is 0.159. The minimum Gasteiger partial charge on any atom is -0.497 e. The van der Waals surface area contributed by atoms with Gasteiger partial charge in [0, 0.05) is 32.9 Å². The Morgan fingerprint density at radius 2 is 0.625 bits per heavy atom. The molecule has 0 unspecified atom stereocenters.